The van der Waals surface area contributed by atoms with Gasteiger partial charge in [0.2, 0.25) is 0 Å². The standard InChI is InChI=1S/C20H19N/c1-2-6-17-13-19(12-11-15(17)5-1)21-14-18-7-3-4-8-20(18)16-9-10-16/h1-8,11-13,16,21H,9-10,14H2. The molecule has 3 aromatic carbocycles. The van der Waals surface area contributed by atoms with Gasteiger partial charge in [-0.1, -0.05) is 54.6 Å². The summed E-state index contributed by atoms with van der Waals surface area (Å²) in [5.41, 5.74) is 4.17. The van der Waals surface area contributed by atoms with Crippen molar-refractivity contribution in [2.24, 2.45) is 0 Å². The molecule has 1 aliphatic carbocycles. The van der Waals surface area contributed by atoms with E-state index in [1.54, 1.807) is 0 Å². The minimum absolute atomic E-state index is 0.805. The van der Waals surface area contributed by atoms with Crippen LogP contribution in [0.2, 0.25) is 0 Å². The van der Waals surface area contributed by atoms with Crippen LogP contribution in [0.1, 0.15) is 29.9 Å². The first-order valence-corrected chi connectivity index (χ1v) is 7.71. The van der Waals surface area contributed by atoms with Gasteiger partial charge in [-0.15, -0.1) is 0 Å². The summed E-state index contributed by atoms with van der Waals surface area (Å²) < 4.78 is 0. The van der Waals surface area contributed by atoms with Crippen LogP contribution in [0, 0.1) is 0 Å². The molecule has 0 aliphatic heterocycles. The lowest BCUT2D eigenvalue weighted by molar-refractivity contribution is 1.04. The third-order valence-electron chi connectivity index (χ3n) is 4.30. The van der Waals surface area contributed by atoms with Gasteiger partial charge >= 0.3 is 0 Å². The fraction of sp³-hybridized carbons (Fsp3) is 0.200. The number of rotatable bonds is 4. The van der Waals surface area contributed by atoms with E-state index < -0.39 is 0 Å². The smallest absolute Gasteiger partial charge is 0.0403 e. The number of hydrogen-bond donors (Lipinski definition) is 1. The van der Waals surface area contributed by atoms with E-state index in [2.05, 4.69) is 72.0 Å². The maximum absolute atomic E-state index is 3.58. The first-order valence-electron chi connectivity index (χ1n) is 7.71. The highest BCUT2D eigenvalue weighted by Gasteiger charge is 2.25. The van der Waals surface area contributed by atoms with Crippen molar-refractivity contribution in [3.63, 3.8) is 0 Å². The SMILES string of the molecule is c1ccc(C2CC2)c(CNc2ccc3ccccc3c2)c1. The van der Waals surface area contributed by atoms with E-state index in [9.17, 15) is 0 Å². The molecule has 0 saturated heterocycles. The summed E-state index contributed by atoms with van der Waals surface area (Å²) in [7, 11) is 0. The van der Waals surface area contributed by atoms with Crippen LogP contribution >= 0.6 is 0 Å². The van der Waals surface area contributed by atoms with Gasteiger partial charge in [-0.25, -0.2) is 0 Å². The summed E-state index contributed by atoms with van der Waals surface area (Å²) in [6.07, 6.45) is 2.71. The Balaban J connectivity index is 1.55. The Morgan fingerprint density at radius 2 is 1.57 bits per heavy atom. The van der Waals surface area contributed by atoms with E-state index >= 15 is 0 Å². The average molecular weight is 273 g/mol. The fourth-order valence-electron chi connectivity index (χ4n) is 2.98. The van der Waals surface area contributed by atoms with Crippen molar-refractivity contribution in [2.75, 3.05) is 5.32 Å². The van der Waals surface area contributed by atoms with Gasteiger partial charge in [0.05, 0.1) is 0 Å². The molecule has 0 amide bonds. The van der Waals surface area contributed by atoms with Crippen LogP contribution in [-0.2, 0) is 6.54 Å². The maximum atomic E-state index is 3.58. The Morgan fingerprint density at radius 1 is 0.810 bits per heavy atom. The van der Waals surface area contributed by atoms with Crippen molar-refractivity contribution in [2.45, 2.75) is 25.3 Å². The van der Waals surface area contributed by atoms with Crippen LogP contribution in [0.15, 0.2) is 66.7 Å². The second kappa shape index (κ2) is 5.25. The second-order valence-electron chi connectivity index (χ2n) is 5.89. The van der Waals surface area contributed by atoms with E-state index in [4.69, 9.17) is 0 Å². The zero-order valence-corrected chi connectivity index (χ0v) is 12.0. The zero-order chi connectivity index (χ0) is 14.1. The molecule has 0 heterocycles. The molecular formula is C20H19N. The first kappa shape index (κ1) is 12.5. The number of benzene rings is 3. The molecule has 0 atom stereocenters. The normalized spacial score (nSPS) is 14.3. The molecule has 0 radical (unpaired) electrons. The molecule has 1 saturated carbocycles. The summed E-state index contributed by atoms with van der Waals surface area (Å²) >= 11 is 0. The van der Waals surface area contributed by atoms with Gasteiger partial charge in [-0.2, -0.15) is 0 Å². The Morgan fingerprint density at radius 3 is 2.43 bits per heavy atom. The molecule has 1 N–H and O–H groups in total. The van der Waals surface area contributed by atoms with E-state index in [0.717, 1.165) is 12.5 Å². The summed E-state index contributed by atoms with van der Waals surface area (Å²) in [5.74, 6) is 0.805. The number of anilines is 1. The van der Waals surface area contributed by atoms with E-state index in [1.165, 1.54) is 40.4 Å². The summed E-state index contributed by atoms with van der Waals surface area (Å²) in [6, 6.07) is 23.9. The van der Waals surface area contributed by atoms with Gasteiger partial charge in [0.25, 0.3) is 0 Å². The van der Waals surface area contributed by atoms with Gasteiger partial charge in [-0.3, -0.25) is 0 Å². The predicted octanol–water partition coefficient (Wildman–Crippen LogP) is 5.33. The van der Waals surface area contributed by atoms with Crippen LogP contribution in [-0.4, -0.2) is 0 Å². The lowest BCUT2D eigenvalue weighted by Gasteiger charge is -2.11. The molecule has 1 aliphatic rings. The second-order valence-corrected chi connectivity index (χ2v) is 5.89. The Bertz CT molecular complexity index is 771. The average Bonchev–Trinajstić information content (AvgIpc) is 3.38. The summed E-state index contributed by atoms with van der Waals surface area (Å²) in [5, 5.41) is 6.16. The predicted molar refractivity (Wildman–Crippen MR) is 89.7 cm³/mol. The van der Waals surface area contributed by atoms with Crippen molar-refractivity contribution in [1.82, 2.24) is 0 Å². The number of fused-ring (bicyclic) bond motifs is 1. The third kappa shape index (κ3) is 2.64. The lowest BCUT2D eigenvalue weighted by Crippen LogP contribution is -2.02. The summed E-state index contributed by atoms with van der Waals surface area (Å²) in [4.78, 5) is 0. The Kier molecular flexibility index (Phi) is 3.11. The quantitative estimate of drug-likeness (QED) is 0.677. The van der Waals surface area contributed by atoms with Gasteiger partial charge in [0.15, 0.2) is 0 Å². The zero-order valence-electron chi connectivity index (χ0n) is 12.0. The molecule has 0 aromatic heterocycles. The van der Waals surface area contributed by atoms with Gasteiger partial charge in [0.1, 0.15) is 0 Å². The highest BCUT2D eigenvalue weighted by molar-refractivity contribution is 5.85. The molecule has 21 heavy (non-hydrogen) atoms. The van der Waals surface area contributed by atoms with Gasteiger partial charge in [-0.05, 0) is 52.8 Å². The van der Waals surface area contributed by atoms with Crippen LogP contribution in [0.4, 0.5) is 5.69 Å². The van der Waals surface area contributed by atoms with Gasteiger partial charge in [0, 0.05) is 12.2 Å². The molecule has 3 aromatic rings. The van der Waals surface area contributed by atoms with Crippen molar-refractivity contribution in [3.05, 3.63) is 77.9 Å². The molecule has 4 rings (SSSR count). The molecule has 104 valence electrons. The minimum Gasteiger partial charge on any atom is -0.381 e. The van der Waals surface area contributed by atoms with Crippen molar-refractivity contribution < 1.29 is 0 Å². The number of hydrogen-bond acceptors (Lipinski definition) is 1. The molecule has 0 spiro atoms. The Labute approximate surface area is 125 Å². The van der Waals surface area contributed by atoms with Crippen molar-refractivity contribution in [1.29, 1.82) is 0 Å². The van der Waals surface area contributed by atoms with E-state index in [1.807, 2.05) is 0 Å². The van der Waals surface area contributed by atoms with Crippen molar-refractivity contribution >= 4 is 16.5 Å². The highest BCUT2D eigenvalue weighted by Crippen LogP contribution is 2.41. The minimum atomic E-state index is 0.805. The van der Waals surface area contributed by atoms with Crippen molar-refractivity contribution in [3.8, 4) is 0 Å². The van der Waals surface area contributed by atoms with E-state index in [-0.39, 0.29) is 0 Å². The molecule has 1 heteroatoms. The van der Waals surface area contributed by atoms with E-state index in [0.29, 0.717) is 0 Å². The first-order chi connectivity index (χ1) is 10.4. The molecular weight excluding hydrogens is 254 g/mol. The largest absolute Gasteiger partial charge is 0.381 e. The molecule has 1 nitrogen and oxygen atoms in total. The summed E-state index contributed by atoms with van der Waals surface area (Å²) in [6.45, 7) is 0.908. The molecule has 0 unspecified atom stereocenters. The lowest BCUT2D eigenvalue weighted by atomic mass is 10.0. The molecule has 1 fully saturated rings. The highest BCUT2D eigenvalue weighted by atomic mass is 14.9. The van der Waals surface area contributed by atoms with Crippen LogP contribution in [0.3, 0.4) is 0 Å². The molecule has 0 bridgehead atoms. The Hall–Kier alpha value is -2.28. The topological polar surface area (TPSA) is 12.0 Å². The van der Waals surface area contributed by atoms with Crippen LogP contribution in [0.5, 0.6) is 0 Å². The van der Waals surface area contributed by atoms with Crippen LogP contribution < -0.4 is 5.32 Å². The maximum Gasteiger partial charge on any atom is 0.0403 e. The third-order valence-corrected chi connectivity index (χ3v) is 4.30. The number of nitrogens with one attached hydrogen (secondary N) is 1. The van der Waals surface area contributed by atoms with Crippen LogP contribution in [0.25, 0.3) is 10.8 Å². The monoisotopic (exact) mass is 273 g/mol. The fourth-order valence-corrected chi connectivity index (χ4v) is 2.98. The van der Waals surface area contributed by atoms with Gasteiger partial charge < -0.3 is 5.32 Å².